The number of nitrogens with zero attached hydrogens (tertiary/aromatic N) is 4. The van der Waals surface area contributed by atoms with Crippen LogP contribution in [0.4, 0.5) is 0 Å². The van der Waals surface area contributed by atoms with E-state index in [9.17, 15) is 4.79 Å². The second-order valence-electron chi connectivity index (χ2n) is 6.79. The third-order valence-corrected chi connectivity index (χ3v) is 6.17. The van der Waals surface area contributed by atoms with Crippen LogP contribution in [0.3, 0.4) is 0 Å². The summed E-state index contributed by atoms with van der Waals surface area (Å²) in [4.78, 5) is 20.1. The Morgan fingerprint density at radius 2 is 1.86 bits per heavy atom. The molecular formula is C22H22N4O2S. The van der Waals surface area contributed by atoms with Crippen molar-refractivity contribution in [1.29, 1.82) is 5.26 Å². The highest BCUT2D eigenvalue weighted by molar-refractivity contribution is 8.00. The Morgan fingerprint density at radius 3 is 2.62 bits per heavy atom. The fourth-order valence-corrected chi connectivity index (χ4v) is 4.69. The smallest absolute Gasteiger partial charge is 0.240 e. The van der Waals surface area contributed by atoms with Crippen molar-refractivity contribution in [3.8, 4) is 6.07 Å². The fraction of sp³-hybridized carbons (Fsp3) is 0.318. The molecule has 0 N–H and O–H groups in total. The minimum Gasteiger partial charge on any atom is -0.378 e. The van der Waals surface area contributed by atoms with Crippen molar-refractivity contribution in [2.45, 2.75) is 23.4 Å². The molecule has 0 spiro atoms. The van der Waals surface area contributed by atoms with Crippen molar-refractivity contribution in [2.75, 3.05) is 26.3 Å². The van der Waals surface area contributed by atoms with Crippen LogP contribution < -0.4 is 0 Å². The lowest BCUT2D eigenvalue weighted by Gasteiger charge is -2.30. The topological polar surface area (TPSA) is 71.2 Å². The highest BCUT2D eigenvalue weighted by atomic mass is 32.2. The van der Waals surface area contributed by atoms with Crippen LogP contribution in [0.1, 0.15) is 17.2 Å². The zero-order valence-electron chi connectivity index (χ0n) is 16.0. The number of hydrogen-bond donors (Lipinski definition) is 0. The summed E-state index contributed by atoms with van der Waals surface area (Å²) in [7, 11) is 0. The molecule has 1 aliphatic heterocycles. The first-order valence-corrected chi connectivity index (χ1v) is 10.6. The number of imidazole rings is 1. The highest BCUT2D eigenvalue weighted by Crippen LogP contribution is 2.38. The lowest BCUT2D eigenvalue weighted by molar-refractivity contribution is -0.134. The molecule has 1 atom stereocenters. The molecule has 0 aliphatic carbocycles. The first-order chi connectivity index (χ1) is 14.3. The summed E-state index contributed by atoms with van der Waals surface area (Å²) in [5.74, 6) is 0.0726. The quantitative estimate of drug-likeness (QED) is 0.585. The van der Waals surface area contributed by atoms with Crippen LogP contribution in [0.15, 0.2) is 59.8 Å². The third-order valence-electron chi connectivity index (χ3n) is 4.94. The molecule has 7 heteroatoms. The van der Waals surface area contributed by atoms with E-state index in [1.165, 1.54) is 11.8 Å². The first kappa shape index (κ1) is 19.5. The van der Waals surface area contributed by atoms with Gasteiger partial charge >= 0.3 is 0 Å². The summed E-state index contributed by atoms with van der Waals surface area (Å²) in [6.07, 6.45) is 0.390. The van der Waals surface area contributed by atoms with E-state index in [1.807, 2.05) is 64.1 Å². The van der Waals surface area contributed by atoms with Crippen molar-refractivity contribution in [3.05, 3.63) is 60.2 Å². The van der Waals surface area contributed by atoms with E-state index in [1.54, 1.807) is 0 Å². The number of thioether (sulfide) groups is 1. The van der Waals surface area contributed by atoms with Crippen LogP contribution in [0, 0.1) is 11.3 Å². The Balaban J connectivity index is 1.71. The Hall–Kier alpha value is -2.82. The molecular weight excluding hydrogens is 384 g/mol. The van der Waals surface area contributed by atoms with Gasteiger partial charge in [0.25, 0.3) is 0 Å². The minimum absolute atomic E-state index is 0.0726. The van der Waals surface area contributed by atoms with Gasteiger partial charge in [0.15, 0.2) is 5.16 Å². The number of benzene rings is 2. The van der Waals surface area contributed by atoms with Crippen LogP contribution in [-0.4, -0.2) is 46.7 Å². The lowest BCUT2D eigenvalue weighted by atomic mass is 10.1. The number of carbonyl (C=O) groups is 1. The molecule has 1 aromatic heterocycles. The fourth-order valence-electron chi connectivity index (χ4n) is 3.47. The second-order valence-corrected chi connectivity index (χ2v) is 7.86. The number of morpholine rings is 1. The van der Waals surface area contributed by atoms with Gasteiger partial charge in [-0.3, -0.25) is 4.79 Å². The maximum absolute atomic E-state index is 13.4. The molecule has 3 aromatic rings. The first-order valence-electron chi connectivity index (χ1n) is 9.68. The van der Waals surface area contributed by atoms with Gasteiger partial charge in [0.2, 0.25) is 5.91 Å². The number of aromatic nitrogens is 2. The third kappa shape index (κ3) is 4.29. The maximum Gasteiger partial charge on any atom is 0.240 e. The van der Waals surface area contributed by atoms with E-state index < -0.39 is 5.25 Å². The van der Waals surface area contributed by atoms with Crippen molar-refractivity contribution >= 4 is 28.7 Å². The number of hydrogen-bond acceptors (Lipinski definition) is 5. The van der Waals surface area contributed by atoms with Crippen LogP contribution in [0.2, 0.25) is 0 Å². The number of nitriles is 1. The molecule has 1 fully saturated rings. The van der Waals surface area contributed by atoms with E-state index >= 15 is 0 Å². The van der Waals surface area contributed by atoms with Crippen molar-refractivity contribution in [3.63, 3.8) is 0 Å². The van der Waals surface area contributed by atoms with Gasteiger partial charge in [-0.2, -0.15) is 5.26 Å². The van der Waals surface area contributed by atoms with Crippen LogP contribution in [-0.2, 0) is 16.1 Å². The predicted octanol–water partition coefficient (Wildman–Crippen LogP) is 3.64. The monoisotopic (exact) mass is 406 g/mol. The molecule has 0 radical (unpaired) electrons. The molecule has 4 rings (SSSR count). The Morgan fingerprint density at radius 1 is 1.14 bits per heavy atom. The average molecular weight is 407 g/mol. The average Bonchev–Trinajstić information content (AvgIpc) is 3.14. The summed E-state index contributed by atoms with van der Waals surface area (Å²) in [6.45, 7) is 2.89. The molecule has 1 aliphatic rings. The van der Waals surface area contributed by atoms with E-state index in [-0.39, 0.29) is 5.91 Å². The summed E-state index contributed by atoms with van der Waals surface area (Å²) in [5.41, 5.74) is 2.81. The van der Waals surface area contributed by atoms with Crippen molar-refractivity contribution in [2.24, 2.45) is 0 Å². The molecule has 2 aromatic carbocycles. The Labute approximate surface area is 174 Å². The van der Waals surface area contributed by atoms with Crippen LogP contribution in [0.25, 0.3) is 11.0 Å². The second kappa shape index (κ2) is 9.12. The van der Waals surface area contributed by atoms with E-state index in [0.717, 1.165) is 21.8 Å². The molecule has 0 saturated carbocycles. The van der Waals surface area contributed by atoms with Crippen molar-refractivity contribution in [1.82, 2.24) is 14.5 Å². The summed E-state index contributed by atoms with van der Waals surface area (Å²) in [6, 6.07) is 19.9. The summed E-state index contributed by atoms with van der Waals surface area (Å²) >= 11 is 1.46. The van der Waals surface area contributed by atoms with Gasteiger partial charge in [0.05, 0.1) is 36.7 Å². The standard InChI is InChI=1S/C22H22N4O2S/c23-11-6-12-26-19-10-5-4-9-18(19)24-22(26)29-20(17-7-2-1-3-8-17)21(27)25-13-15-28-16-14-25/h1-5,7-10,20H,6,12-16H2/t20-/m0/s1. The number of carbonyl (C=O) groups excluding carboxylic acids is 1. The zero-order valence-corrected chi connectivity index (χ0v) is 16.8. The highest BCUT2D eigenvalue weighted by Gasteiger charge is 2.30. The number of amides is 1. The van der Waals surface area contributed by atoms with E-state index in [4.69, 9.17) is 15.0 Å². The molecule has 1 amide bonds. The van der Waals surface area contributed by atoms with Gasteiger partial charge in [-0.25, -0.2) is 4.98 Å². The van der Waals surface area contributed by atoms with Crippen LogP contribution in [0.5, 0.6) is 0 Å². The van der Waals surface area contributed by atoms with Gasteiger partial charge in [-0.1, -0.05) is 54.2 Å². The summed E-state index contributed by atoms with van der Waals surface area (Å²) in [5, 5.41) is 9.45. The van der Waals surface area contributed by atoms with Gasteiger partial charge in [-0.05, 0) is 17.7 Å². The van der Waals surface area contributed by atoms with Gasteiger partial charge in [0, 0.05) is 19.6 Å². The molecule has 0 bridgehead atoms. The number of fused-ring (bicyclic) bond motifs is 1. The lowest BCUT2D eigenvalue weighted by Crippen LogP contribution is -2.42. The zero-order chi connectivity index (χ0) is 20.1. The van der Waals surface area contributed by atoms with Gasteiger partial charge in [-0.15, -0.1) is 0 Å². The number of ether oxygens (including phenoxy) is 1. The Kier molecular flexibility index (Phi) is 6.13. The minimum atomic E-state index is -0.396. The van der Waals surface area contributed by atoms with Gasteiger partial charge < -0.3 is 14.2 Å². The number of para-hydroxylation sites is 2. The summed E-state index contributed by atoms with van der Waals surface area (Å²) < 4.78 is 7.46. The van der Waals surface area contributed by atoms with Crippen molar-refractivity contribution < 1.29 is 9.53 Å². The normalized spacial score (nSPS) is 15.2. The Bertz CT molecular complexity index is 1020. The molecule has 148 valence electrons. The predicted molar refractivity (Wildman–Crippen MR) is 112 cm³/mol. The van der Waals surface area contributed by atoms with Gasteiger partial charge in [0.1, 0.15) is 5.25 Å². The van der Waals surface area contributed by atoms with E-state index in [0.29, 0.717) is 39.3 Å². The molecule has 6 nitrogen and oxygen atoms in total. The molecule has 1 saturated heterocycles. The van der Waals surface area contributed by atoms with E-state index in [2.05, 4.69) is 6.07 Å². The maximum atomic E-state index is 13.4. The largest absolute Gasteiger partial charge is 0.378 e. The SMILES string of the molecule is N#CCCn1c(S[C@H](C(=O)N2CCOCC2)c2ccccc2)nc2ccccc21. The van der Waals surface area contributed by atoms with Crippen LogP contribution >= 0.6 is 11.8 Å². The molecule has 2 heterocycles. The molecule has 0 unspecified atom stereocenters. The number of rotatable bonds is 6. The number of aryl methyl sites for hydroxylation is 1. The molecule has 29 heavy (non-hydrogen) atoms.